The molecule has 0 unspecified atom stereocenters. The van der Waals surface area contributed by atoms with Crippen molar-refractivity contribution < 1.29 is 0 Å². The van der Waals surface area contributed by atoms with E-state index in [0.29, 0.717) is 0 Å². The second-order valence-corrected chi connectivity index (χ2v) is 7.57. The Morgan fingerprint density at radius 1 is 0.625 bits per heavy atom. The molecule has 0 aliphatic heterocycles. The van der Waals surface area contributed by atoms with Crippen LogP contribution in [0.2, 0.25) is 0 Å². The van der Waals surface area contributed by atoms with Crippen LogP contribution >= 0.6 is 0 Å². The molecule has 0 spiro atoms. The first-order valence-corrected chi connectivity index (χ1v) is 10.8. The van der Waals surface area contributed by atoms with Gasteiger partial charge in [-0.15, -0.1) is 10.2 Å². The second kappa shape index (κ2) is 9.35. The molecular weight excluding hydrogens is 394 g/mol. The summed E-state index contributed by atoms with van der Waals surface area (Å²) in [5.74, 6) is 1.74. The lowest BCUT2D eigenvalue weighted by atomic mass is 10.0. The molecule has 0 aliphatic rings. The first-order chi connectivity index (χ1) is 15.9. The Kier molecular flexibility index (Phi) is 5.79. The summed E-state index contributed by atoms with van der Waals surface area (Å²) in [4.78, 5) is 9.45. The molecule has 0 saturated carbocycles. The molecule has 0 aliphatic carbocycles. The van der Waals surface area contributed by atoms with E-state index < -0.39 is 0 Å². The molecule has 156 valence electrons. The van der Waals surface area contributed by atoms with E-state index in [9.17, 15) is 0 Å². The highest BCUT2D eigenvalue weighted by molar-refractivity contribution is 5.77. The van der Waals surface area contributed by atoms with Crippen LogP contribution in [0.3, 0.4) is 0 Å². The van der Waals surface area contributed by atoms with Crippen molar-refractivity contribution in [2.75, 3.05) is 0 Å². The van der Waals surface area contributed by atoms with Gasteiger partial charge in [-0.25, -0.2) is 9.97 Å². The summed E-state index contributed by atoms with van der Waals surface area (Å²) in [6, 6.07) is 30.6. The van der Waals surface area contributed by atoms with Gasteiger partial charge in [0.05, 0.1) is 0 Å². The topological polar surface area (TPSA) is 56.5 Å². The molecule has 0 radical (unpaired) electrons. The van der Waals surface area contributed by atoms with Gasteiger partial charge in [0.15, 0.2) is 5.82 Å². The van der Waals surface area contributed by atoms with E-state index in [2.05, 4.69) is 44.0 Å². The van der Waals surface area contributed by atoms with Crippen molar-refractivity contribution >= 4 is 0 Å². The molecule has 5 heteroatoms. The maximum absolute atomic E-state index is 4.92. The van der Waals surface area contributed by atoms with Crippen molar-refractivity contribution in [3.63, 3.8) is 0 Å². The maximum Gasteiger partial charge on any atom is 0.151 e. The van der Waals surface area contributed by atoms with Crippen LogP contribution in [-0.2, 0) is 13.0 Å². The maximum atomic E-state index is 4.92. The Morgan fingerprint density at radius 2 is 1.22 bits per heavy atom. The number of hydrogen-bond acceptors (Lipinski definition) is 4. The average Bonchev–Trinajstić information content (AvgIpc) is 3.34. The summed E-state index contributed by atoms with van der Waals surface area (Å²) in [6.07, 6.45) is 5.52. The van der Waals surface area contributed by atoms with Gasteiger partial charge in [0, 0.05) is 42.0 Å². The Morgan fingerprint density at radius 3 is 1.88 bits per heavy atom. The number of aryl methyl sites for hydroxylation is 2. The molecule has 3 aromatic carbocycles. The number of benzene rings is 3. The molecule has 2 aromatic heterocycles. The predicted octanol–water partition coefficient (Wildman–Crippen LogP) is 5.70. The zero-order chi connectivity index (χ0) is 21.6. The molecule has 0 fully saturated rings. The van der Waals surface area contributed by atoms with Gasteiger partial charge >= 0.3 is 0 Å². The Hall–Kier alpha value is -4.12. The van der Waals surface area contributed by atoms with Gasteiger partial charge in [-0.3, -0.25) is 0 Å². The molecule has 5 aromatic rings. The molecular formula is C27H23N5. The zero-order valence-corrected chi connectivity index (χ0v) is 17.7. The smallest absolute Gasteiger partial charge is 0.151 e. The van der Waals surface area contributed by atoms with Crippen LogP contribution in [0.15, 0.2) is 103 Å². The Balaban J connectivity index is 1.37. The van der Waals surface area contributed by atoms with E-state index in [1.54, 1.807) is 0 Å². The molecule has 32 heavy (non-hydrogen) atoms. The highest BCUT2D eigenvalue weighted by Gasteiger charge is 2.13. The molecule has 2 heterocycles. The van der Waals surface area contributed by atoms with Gasteiger partial charge in [-0.2, -0.15) is 0 Å². The summed E-state index contributed by atoms with van der Waals surface area (Å²) in [7, 11) is 0. The van der Waals surface area contributed by atoms with Gasteiger partial charge in [0.1, 0.15) is 17.2 Å². The van der Waals surface area contributed by atoms with Gasteiger partial charge in [-0.05, 0) is 6.42 Å². The fourth-order valence-electron chi connectivity index (χ4n) is 3.80. The number of rotatable bonds is 7. The SMILES string of the molecule is c1ccc(-c2nnc(CCCn3ccnc3-c3ccccc3)nc2-c2ccccc2)cc1. The molecule has 0 bridgehead atoms. The lowest BCUT2D eigenvalue weighted by Crippen LogP contribution is -2.06. The van der Waals surface area contributed by atoms with Gasteiger partial charge in [-0.1, -0.05) is 91.0 Å². The third-order valence-electron chi connectivity index (χ3n) is 5.37. The lowest BCUT2D eigenvalue weighted by molar-refractivity contribution is 0.628. The summed E-state index contributed by atoms with van der Waals surface area (Å²) in [5, 5.41) is 9.03. The number of imidazole rings is 1. The van der Waals surface area contributed by atoms with Crippen molar-refractivity contribution in [2.45, 2.75) is 19.4 Å². The third kappa shape index (κ3) is 4.32. The van der Waals surface area contributed by atoms with E-state index in [4.69, 9.17) is 4.98 Å². The third-order valence-corrected chi connectivity index (χ3v) is 5.37. The monoisotopic (exact) mass is 417 g/mol. The number of nitrogens with zero attached hydrogens (tertiary/aromatic N) is 5. The largest absolute Gasteiger partial charge is 0.331 e. The predicted molar refractivity (Wildman–Crippen MR) is 127 cm³/mol. The highest BCUT2D eigenvalue weighted by atomic mass is 15.2. The molecule has 5 nitrogen and oxygen atoms in total. The highest BCUT2D eigenvalue weighted by Crippen LogP contribution is 2.28. The Bertz CT molecular complexity index is 1280. The van der Waals surface area contributed by atoms with Crippen LogP contribution in [0.25, 0.3) is 33.9 Å². The van der Waals surface area contributed by atoms with Crippen LogP contribution in [0.5, 0.6) is 0 Å². The molecule has 0 amide bonds. The average molecular weight is 418 g/mol. The first kappa shape index (κ1) is 19.8. The van der Waals surface area contributed by atoms with Crippen molar-refractivity contribution in [3.05, 3.63) is 109 Å². The van der Waals surface area contributed by atoms with Crippen LogP contribution in [0.1, 0.15) is 12.2 Å². The minimum absolute atomic E-state index is 0.744. The fourth-order valence-corrected chi connectivity index (χ4v) is 3.80. The van der Waals surface area contributed by atoms with Gasteiger partial charge in [0.2, 0.25) is 0 Å². The van der Waals surface area contributed by atoms with Crippen LogP contribution < -0.4 is 0 Å². The summed E-state index contributed by atoms with van der Waals surface area (Å²) >= 11 is 0. The van der Waals surface area contributed by atoms with E-state index in [0.717, 1.165) is 59.1 Å². The molecule has 0 N–H and O–H groups in total. The minimum Gasteiger partial charge on any atom is -0.331 e. The summed E-state index contributed by atoms with van der Waals surface area (Å²) in [5.41, 5.74) is 4.86. The fraction of sp³-hybridized carbons (Fsp3) is 0.111. The van der Waals surface area contributed by atoms with E-state index in [-0.39, 0.29) is 0 Å². The van der Waals surface area contributed by atoms with E-state index in [1.165, 1.54) is 0 Å². The van der Waals surface area contributed by atoms with E-state index in [1.807, 2.05) is 79.1 Å². The first-order valence-electron chi connectivity index (χ1n) is 10.8. The number of aromatic nitrogens is 5. The van der Waals surface area contributed by atoms with Crippen LogP contribution in [0.4, 0.5) is 0 Å². The van der Waals surface area contributed by atoms with Crippen molar-refractivity contribution in [2.24, 2.45) is 0 Å². The van der Waals surface area contributed by atoms with Gasteiger partial charge in [0.25, 0.3) is 0 Å². The molecule has 0 atom stereocenters. The normalized spacial score (nSPS) is 10.9. The van der Waals surface area contributed by atoms with Crippen LogP contribution in [-0.4, -0.2) is 24.7 Å². The van der Waals surface area contributed by atoms with E-state index >= 15 is 0 Å². The minimum atomic E-state index is 0.744. The lowest BCUT2D eigenvalue weighted by Gasteiger charge is -2.10. The molecule has 0 saturated heterocycles. The second-order valence-electron chi connectivity index (χ2n) is 7.57. The van der Waals surface area contributed by atoms with Crippen LogP contribution in [0, 0.1) is 0 Å². The van der Waals surface area contributed by atoms with Crippen molar-refractivity contribution in [3.8, 4) is 33.9 Å². The zero-order valence-electron chi connectivity index (χ0n) is 17.7. The summed E-state index contributed by atoms with van der Waals surface area (Å²) < 4.78 is 2.18. The van der Waals surface area contributed by atoms with Crippen molar-refractivity contribution in [1.29, 1.82) is 0 Å². The molecule has 5 rings (SSSR count). The van der Waals surface area contributed by atoms with Gasteiger partial charge < -0.3 is 4.57 Å². The standard InChI is InChI=1S/C27H23N5/c1-4-11-21(12-5-1)25-26(22-13-6-2-7-14-22)31-30-24(29-25)17-10-19-32-20-18-28-27(32)23-15-8-3-9-16-23/h1-9,11-16,18,20H,10,17,19H2. The van der Waals surface area contributed by atoms with Crippen molar-refractivity contribution in [1.82, 2.24) is 24.7 Å². The summed E-state index contributed by atoms with van der Waals surface area (Å²) in [6.45, 7) is 0.842. The number of hydrogen-bond donors (Lipinski definition) is 0. The quantitative estimate of drug-likeness (QED) is 0.341. The Labute approximate surface area is 187 Å².